The molecule has 0 N–H and O–H groups in total. The van der Waals surface area contributed by atoms with Gasteiger partial charge in [0.25, 0.3) is 0 Å². The Kier molecular flexibility index (Phi) is 1.82. The maximum atomic E-state index is 4.49. The molecule has 2 rings (SSSR count). The number of aliphatic imine (C=N–C) groups is 1. The lowest BCUT2D eigenvalue weighted by molar-refractivity contribution is 0.562. The minimum Gasteiger partial charge on any atom is -0.331 e. The Labute approximate surface area is 74.4 Å². The summed E-state index contributed by atoms with van der Waals surface area (Å²) >= 11 is 3.43. The van der Waals surface area contributed by atoms with Crippen molar-refractivity contribution < 1.29 is 0 Å². The van der Waals surface area contributed by atoms with Crippen molar-refractivity contribution >= 4 is 21.8 Å². The Morgan fingerprint density at radius 1 is 1.64 bits per heavy atom. The van der Waals surface area contributed by atoms with Crippen LogP contribution in [0.5, 0.6) is 0 Å². The minimum atomic E-state index is 0.428. The third-order valence-corrected chi connectivity index (χ3v) is 2.56. The van der Waals surface area contributed by atoms with Crippen LogP contribution in [0, 0.1) is 0 Å². The van der Waals surface area contributed by atoms with Crippen LogP contribution in [0.25, 0.3) is 0 Å². The summed E-state index contributed by atoms with van der Waals surface area (Å²) in [6.07, 6.45) is 8.17. The van der Waals surface area contributed by atoms with Gasteiger partial charge in [0.1, 0.15) is 5.84 Å². The lowest BCUT2D eigenvalue weighted by Crippen LogP contribution is -2.24. The first kappa shape index (κ1) is 7.10. The molecule has 0 radical (unpaired) electrons. The number of hydrogen-bond acceptors (Lipinski definition) is 2. The van der Waals surface area contributed by atoms with E-state index >= 15 is 0 Å². The second-order valence-corrected chi connectivity index (χ2v) is 3.30. The highest BCUT2D eigenvalue weighted by Gasteiger charge is 2.21. The molecule has 0 spiro atoms. The van der Waals surface area contributed by atoms with Gasteiger partial charge in [0, 0.05) is 18.1 Å². The van der Waals surface area contributed by atoms with E-state index in [0.29, 0.717) is 6.04 Å². The van der Waals surface area contributed by atoms with E-state index < -0.39 is 0 Å². The van der Waals surface area contributed by atoms with Gasteiger partial charge in [0.05, 0.1) is 6.04 Å². The molecule has 0 fully saturated rings. The zero-order valence-electron chi connectivity index (χ0n) is 6.07. The predicted octanol–water partition coefficient (Wildman–Crippen LogP) is 1.55. The molecular formula is C8H9BrN2. The number of rotatable bonds is 1. The zero-order valence-corrected chi connectivity index (χ0v) is 7.66. The van der Waals surface area contributed by atoms with Crippen molar-refractivity contribution in [2.24, 2.45) is 4.99 Å². The van der Waals surface area contributed by atoms with Gasteiger partial charge >= 0.3 is 0 Å². The monoisotopic (exact) mass is 212 g/mol. The standard InChI is InChI=1S/C8H9BrN2/c9-5-7-6-11-4-2-1-3-8(11)10-7/h1-4,7H,5-6H2. The van der Waals surface area contributed by atoms with E-state index in [2.05, 4.69) is 32.0 Å². The molecule has 0 bridgehead atoms. The fourth-order valence-corrected chi connectivity index (χ4v) is 1.63. The number of halogens is 1. The Hall–Kier alpha value is -0.570. The number of hydrogen-bond donors (Lipinski definition) is 0. The molecule has 0 aromatic carbocycles. The maximum Gasteiger partial charge on any atom is 0.127 e. The lowest BCUT2D eigenvalue weighted by Gasteiger charge is -2.15. The molecular weight excluding hydrogens is 204 g/mol. The van der Waals surface area contributed by atoms with E-state index in [9.17, 15) is 0 Å². The van der Waals surface area contributed by atoms with Gasteiger partial charge in [-0.1, -0.05) is 22.0 Å². The van der Waals surface area contributed by atoms with Crippen molar-refractivity contribution in [2.75, 3.05) is 11.9 Å². The van der Waals surface area contributed by atoms with Crippen molar-refractivity contribution in [2.45, 2.75) is 6.04 Å². The fourth-order valence-electron chi connectivity index (χ4n) is 1.28. The summed E-state index contributed by atoms with van der Waals surface area (Å²) in [4.78, 5) is 6.66. The number of allylic oxidation sites excluding steroid dienone is 2. The van der Waals surface area contributed by atoms with Crippen molar-refractivity contribution in [1.82, 2.24) is 4.90 Å². The second-order valence-electron chi connectivity index (χ2n) is 2.65. The molecule has 1 atom stereocenters. The Bertz CT molecular complexity index is 242. The van der Waals surface area contributed by atoms with Crippen LogP contribution in [-0.2, 0) is 0 Å². The Morgan fingerprint density at radius 3 is 3.27 bits per heavy atom. The van der Waals surface area contributed by atoms with Crippen LogP contribution in [0.1, 0.15) is 0 Å². The first-order valence-corrected chi connectivity index (χ1v) is 4.77. The normalized spacial score (nSPS) is 27.2. The van der Waals surface area contributed by atoms with Crippen molar-refractivity contribution in [3.8, 4) is 0 Å². The van der Waals surface area contributed by atoms with Gasteiger partial charge in [-0.2, -0.15) is 0 Å². The van der Waals surface area contributed by atoms with Crippen LogP contribution in [0.4, 0.5) is 0 Å². The summed E-state index contributed by atoms with van der Waals surface area (Å²) in [7, 11) is 0. The number of amidine groups is 1. The molecule has 2 aliphatic rings. The number of nitrogens with zero attached hydrogens (tertiary/aromatic N) is 2. The quantitative estimate of drug-likeness (QED) is 0.603. The smallest absolute Gasteiger partial charge is 0.127 e. The fraction of sp³-hybridized carbons (Fsp3) is 0.375. The highest BCUT2D eigenvalue weighted by atomic mass is 79.9. The third kappa shape index (κ3) is 1.25. The van der Waals surface area contributed by atoms with Crippen LogP contribution >= 0.6 is 15.9 Å². The van der Waals surface area contributed by atoms with E-state index in [4.69, 9.17) is 0 Å². The first-order chi connectivity index (χ1) is 5.40. The average Bonchev–Trinajstić information content (AvgIpc) is 2.46. The van der Waals surface area contributed by atoms with Crippen molar-refractivity contribution in [3.05, 3.63) is 24.4 Å². The van der Waals surface area contributed by atoms with Gasteiger partial charge < -0.3 is 4.90 Å². The van der Waals surface area contributed by atoms with Crippen LogP contribution in [-0.4, -0.2) is 28.7 Å². The second kappa shape index (κ2) is 2.81. The molecule has 0 saturated carbocycles. The van der Waals surface area contributed by atoms with E-state index in [1.54, 1.807) is 0 Å². The van der Waals surface area contributed by atoms with Gasteiger partial charge in [-0.3, -0.25) is 4.99 Å². The molecule has 58 valence electrons. The summed E-state index contributed by atoms with van der Waals surface area (Å²) in [5, 5.41) is 0.953. The van der Waals surface area contributed by atoms with Crippen LogP contribution < -0.4 is 0 Å². The molecule has 0 aliphatic carbocycles. The number of alkyl halides is 1. The zero-order chi connectivity index (χ0) is 7.68. The molecule has 1 unspecified atom stereocenters. The van der Waals surface area contributed by atoms with Gasteiger partial charge in [0.2, 0.25) is 0 Å². The average molecular weight is 213 g/mol. The van der Waals surface area contributed by atoms with Crippen molar-refractivity contribution in [3.63, 3.8) is 0 Å². The molecule has 2 heterocycles. The van der Waals surface area contributed by atoms with Gasteiger partial charge in [-0.05, 0) is 12.2 Å². The molecule has 2 nitrogen and oxygen atoms in total. The van der Waals surface area contributed by atoms with Crippen LogP contribution in [0.15, 0.2) is 29.4 Å². The molecule has 11 heavy (non-hydrogen) atoms. The SMILES string of the molecule is BrCC1CN2C=CC=CC2=N1. The lowest BCUT2D eigenvalue weighted by atomic mass is 10.3. The maximum absolute atomic E-state index is 4.49. The number of fused-ring (bicyclic) bond motifs is 1. The molecule has 3 heteroatoms. The van der Waals surface area contributed by atoms with E-state index in [0.717, 1.165) is 17.7 Å². The van der Waals surface area contributed by atoms with Gasteiger partial charge in [0.15, 0.2) is 0 Å². The molecule has 0 saturated heterocycles. The molecule has 2 aliphatic heterocycles. The van der Waals surface area contributed by atoms with Gasteiger partial charge in [-0.25, -0.2) is 0 Å². The van der Waals surface area contributed by atoms with E-state index in [1.807, 2.05) is 18.2 Å². The van der Waals surface area contributed by atoms with Crippen LogP contribution in [0.2, 0.25) is 0 Å². The molecule has 0 aromatic rings. The topological polar surface area (TPSA) is 15.6 Å². The van der Waals surface area contributed by atoms with Crippen molar-refractivity contribution in [1.29, 1.82) is 0 Å². The summed E-state index contributed by atoms with van der Waals surface area (Å²) in [6, 6.07) is 0.428. The predicted molar refractivity (Wildman–Crippen MR) is 50.0 cm³/mol. The minimum absolute atomic E-state index is 0.428. The highest BCUT2D eigenvalue weighted by molar-refractivity contribution is 9.09. The molecule has 0 amide bonds. The Balaban J connectivity index is 2.19. The third-order valence-electron chi connectivity index (χ3n) is 1.82. The molecule has 0 aromatic heterocycles. The van der Waals surface area contributed by atoms with Crippen LogP contribution in [0.3, 0.4) is 0 Å². The summed E-state index contributed by atoms with van der Waals surface area (Å²) < 4.78 is 0. The first-order valence-electron chi connectivity index (χ1n) is 3.65. The largest absolute Gasteiger partial charge is 0.331 e. The Morgan fingerprint density at radius 2 is 2.55 bits per heavy atom. The summed E-state index contributed by atoms with van der Waals surface area (Å²) in [5.74, 6) is 1.09. The summed E-state index contributed by atoms with van der Waals surface area (Å²) in [6.45, 7) is 1.02. The highest BCUT2D eigenvalue weighted by Crippen LogP contribution is 2.14. The summed E-state index contributed by atoms with van der Waals surface area (Å²) in [5.41, 5.74) is 0. The van der Waals surface area contributed by atoms with Gasteiger partial charge in [-0.15, -0.1) is 0 Å². The van der Waals surface area contributed by atoms with E-state index in [1.165, 1.54) is 0 Å². The van der Waals surface area contributed by atoms with E-state index in [-0.39, 0.29) is 0 Å².